The van der Waals surface area contributed by atoms with Crippen molar-refractivity contribution in [2.75, 3.05) is 11.1 Å². The Morgan fingerprint density at radius 3 is 2.50 bits per heavy atom. The first-order valence-corrected chi connectivity index (χ1v) is 8.34. The summed E-state index contributed by atoms with van der Waals surface area (Å²) in [6.45, 7) is 3.31. The summed E-state index contributed by atoms with van der Waals surface area (Å²) >= 11 is 0.941. The van der Waals surface area contributed by atoms with E-state index in [9.17, 15) is 19.5 Å². The molecule has 1 amide bonds. The molecule has 0 aliphatic rings. The van der Waals surface area contributed by atoms with Gasteiger partial charge < -0.3 is 15.2 Å². The predicted molar refractivity (Wildman–Crippen MR) is 91.3 cm³/mol. The minimum atomic E-state index is -1.23. The number of carbonyl (C=O) groups is 2. The molecule has 1 atom stereocenters. The van der Waals surface area contributed by atoms with Crippen LogP contribution < -0.4 is 16.0 Å². The molecular formula is C16H18N3O4S-. The predicted octanol–water partition coefficient (Wildman–Crippen LogP) is 0.295. The van der Waals surface area contributed by atoms with Gasteiger partial charge in [0.1, 0.15) is 5.69 Å². The maximum Gasteiger partial charge on any atom is 0.295 e. The molecule has 1 N–H and O–H groups in total. The number of hydrogen-bond donors (Lipinski definition) is 1. The third-order valence-electron chi connectivity index (χ3n) is 3.62. The summed E-state index contributed by atoms with van der Waals surface area (Å²) in [4.78, 5) is 35.3. The quantitative estimate of drug-likeness (QED) is 0.810. The van der Waals surface area contributed by atoms with E-state index in [0.29, 0.717) is 11.4 Å². The lowest BCUT2D eigenvalue weighted by Gasteiger charge is -2.11. The number of nitrogens with zero attached hydrogens (tertiary/aromatic N) is 2. The number of carboxylic acids is 1. The van der Waals surface area contributed by atoms with Gasteiger partial charge >= 0.3 is 0 Å². The summed E-state index contributed by atoms with van der Waals surface area (Å²) in [6.07, 6.45) is 0. The fraction of sp³-hybridized carbons (Fsp3) is 0.312. The fourth-order valence-corrected chi connectivity index (χ4v) is 2.80. The van der Waals surface area contributed by atoms with Crippen LogP contribution in [0.3, 0.4) is 0 Å². The Balaban J connectivity index is 2.28. The van der Waals surface area contributed by atoms with Gasteiger partial charge in [-0.15, -0.1) is 11.8 Å². The van der Waals surface area contributed by atoms with Crippen molar-refractivity contribution in [1.29, 1.82) is 0 Å². The summed E-state index contributed by atoms with van der Waals surface area (Å²) < 4.78 is 3.12. The highest BCUT2D eigenvalue weighted by molar-refractivity contribution is 8.01. The molecule has 1 aromatic carbocycles. The summed E-state index contributed by atoms with van der Waals surface area (Å²) in [7, 11) is 1.73. The molecule has 0 bridgehead atoms. The average molecular weight is 348 g/mol. The maximum absolute atomic E-state index is 12.7. The first kappa shape index (κ1) is 17.9. The SMILES string of the molecule is Cc1c(NC(=O)[C@@H](C)SCC(=O)[O-])c(=O)n(-c2ccccc2)n1C. The molecule has 1 aromatic heterocycles. The molecule has 8 heteroatoms. The van der Waals surface area contributed by atoms with Crippen LogP contribution in [0.25, 0.3) is 5.69 Å². The van der Waals surface area contributed by atoms with Crippen molar-refractivity contribution in [1.82, 2.24) is 9.36 Å². The third-order valence-corrected chi connectivity index (χ3v) is 4.74. The zero-order valence-corrected chi connectivity index (χ0v) is 14.4. The molecule has 0 fully saturated rings. The van der Waals surface area contributed by atoms with Crippen LogP contribution >= 0.6 is 11.8 Å². The van der Waals surface area contributed by atoms with Gasteiger partial charge in [-0.25, -0.2) is 4.68 Å². The van der Waals surface area contributed by atoms with Crippen LogP contribution in [0.5, 0.6) is 0 Å². The second kappa shape index (κ2) is 7.39. The number of aromatic nitrogens is 2. The van der Waals surface area contributed by atoms with E-state index >= 15 is 0 Å². The Hall–Kier alpha value is -2.48. The van der Waals surface area contributed by atoms with E-state index in [-0.39, 0.29) is 17.0 Å². The topological polar surface area (TPSA) is 96.2 Å². The van der Waals surface area contributed by atoms with Crippen molar-refractivity contribution in [3.05, 3.63) is 46.4 Å². The lowest BCUT2D eigenvalue weighted by atomic mass is 10.3. The molecule has 24 heavy (non-hydrogen) atoms. The molecular weight excluding hydrogens is 330 g/mol. The first-order valence-electron chi connectivity index (χ1n) is 7.29. The molecule has 1 heterocycles. The lowest BCUT2D eigenvalue weighted by molar-refractivity contribution is -0.301. The van der Waals surface area contributed by atoms with Crippen molar-refractivity contribution >= 4 is 29.3 Å². The number of rotatable bonds is 6. The molecule has 128 valence electrons. The number of hydrogen-bond acceptors (Lipinski definition) is 5. The summed E-state index contributed by atoms with van der Waals surface area (Å²) in [6, 6.07) is 9.08. The Morgan fingerprint density at radius 2 is 1.92 bits per heavy atom. The van der Waals surface area contributed by atoms with Crippen molar-refractivity contribution in [2.24, 2.45) is 7.05 Å². The van der Waals surface area contributed by atoms with Crippen LogP contribution in [0, 0.1) is 6.92 Å². The van der Waals surface area contributed by atoms with E-state index in [0.717, 1.165) is 11.8 Å². The van der Waals surface area contributed by atoms with Gasteiger partial charge in [0.25, 0.3) is 5.56 Å². The zero-order chi connectivity index (χ0) is 17.9. The summed E-state index contributed by atoms with van der Waals surface area (Å²) in [5.74, 6) is -1.94. The molecule has 0 unspecified atom stereocenters. The van der Waals surface area contributed by atoms with E-state index in [1.807, 2.05) is 18.2 Å². The monoisotopic (exact) mass is 348 g/mol. The highest BCUT2D eigenvalue weighted by atomic mass is 32.2. The second-order valence-corrected chi connectivity index (χ2v) is 6.58. The number of anilines is 1. The van der Waals surface area contributed by atoms with Crippen LogP contribution in [-0.4, -0.2) is 32.2 Å². The van der Waals surface area contributed by atoms with Crippen molar-refractivity contribution in [3.63, 3.8) is 0 Å². The van der Waals surface area contributed by atoms with Gasteiger partial charge in [0, 0.05) is 12.8 Å². The van der Waals surface area contributed by atoms with Gasteiger partial charge in [-0.05, 0) is 26.0 Å². The highest BCUT2D eigenvalue weighted by Crippen LogP contribution is 2.16. The Labute approximate surface area is 143 Å². The zero-order valence-electron chi connectivity index (χ0n) is 13.6. The number of aliphatic carboxylic acids is 1. The van der Waals surface area contributed by atoms with Crippen molar-refractivity contribution in [2.45, 2.75) is 19.1 Å². The number of carbonyl (C=O) groups excluding carboxylic acids is 2. The maximum atomic E-state index is 12.7. The number of thioether (sulfide) groups is 1. The molecule has 0 aliphatic carbocycles. The minimum Gasteiger partial charge on any atom is -0.549 e. The van der Waals surface area contributed by atoms with Crippen LogP contribution in [0.1, 0.15) is 12.6 Å². The molecule has 2 rings (SSSR count). The largest absolute Gasteiger partial charge is 0.549 e. The molecule has 0 aliphatic heterocycles. The average Bonchev–Trinajstić information content (AvgIpc) is 2.76. The summed E-state index contributed by atoms with van der Waals surface area (Å²) in [5, 5.41) is 12.5. The van der Waals surface area contributed by atoms with Gasteiger partial charge in [0.2, 0.25) is 5.91 Å². The number of amides is 1. The van der Waals surface area contributed by atoms with Gasteiger partial charge in [0.05, 0.1) is 22.6 Å². The van der Waals surface area contributed by atoms with Gasteiger partial charge in [-0.3, -0.25) is 14.3 Å². The Bertz CT molecular complexity index is 811. The van der Waals surface area contributed by atoms with E-state index in [1.165, 1.54) is 4.68 Å². The molecule has 0 radical (unpaired) electrons. The van der Waals surface area contributed by atoms with Gasteiger partial charge in [-0.1, -0.05) is 18.2 Å². The van der Waals surface area contributed by atoms with E-state index in [1.54, 1.807) is 37.7 Å². The number of benzene rings is 1. The van der Waals surface area contributed by atoms with Crippen LogP contribution in [0.4, 0.5) is 5.69 Å². The molecule has 2 aromatic rings. The van der Waals surface area contributed by atoms with E-state index in [4.69, 9.17) is 0 Å². The Kier molecular flexibility index (Phi) is 5.50. The molecule has 7 nitrogen and oxygen atoms in total. The van der Waals surface area contributed by atoms with E-state index in [2.05, 4.69) is 5.32 Å². The second-order valence-electron chi connectivity index (χ2n) is 5.25. The van der Waals surface area contributed by atoms with Crippen LogP contribution in [-0.2, 0) is 16.6 Å². The standard InChI is InChI=1S/C16H19N3O4S/c1-10-14(17-15(22)11(2)24-9-13(20)21)16(23)19(18(10)3)12-7-5-4-6-8-12/h4-8,11H,9H2,1-3H3,(H,17,22)(H,20,21)/p-1/t11-/m1/s1. The molecule has 0 saturated carbocycles. The normalized spacial score (nSPS) is 12.0. The number of nitrogens with one attached hydrogen (secondary N) is 1. The van der Waals surface area contributed by atoms with E-state index < -0.39 is 17.1 Å². The molecule has 0 spiro atoms. The minimum absolute atomic E-state index is 0.187. The fourth-order valence-electron chi connectivity index (χ4n) is 2.21. The van der Waals surface area contributed by atoms with Crippen LogP contribution in [0.15, 0.2) is 35.1 Å². The lowest BCUT2D eigenvalue weighted by Crippen LogP contribution is -2.30. The van der Waals surface area contributed by atoms with Crippen molar-refractivity contribution < 1.29 is 14.7 Å². The first-order chi connectivity index (χ1) is 11.3. The highest BCUT2D eigenvalue weighted by Gasteiger charge is 2.21. The van der Waals surface area contributed by atoms with Crippen molar-refractivity contribution in [3.8, 4) is 5.69 Å². The number of para-hydroxylation sites is 1. The smallest absolute Gasteiger partial charge is 0.295 e. The van der Waals surface area contributed by atoms with Crippen LogP contribution in [0.2, 0.25) is 0 Å². The molecule has 0 saturated heterocycles. The van der Waals surface area contributed by atoms with Gasteiger partial charge in [0.15, 0.2) is 0 Å². The third kappa shape index (κ3) is 3.70. The summed E-state index contributed by atoms with van der Waals surface area (Å²) in [5.41, 5.74) is 1.14. The number of carboxylic acid groups (broad SMARTS) is 1. The van der Waals surface area contributed by atoms with Gasteiger partial charge in [-0.2, -0.15) is 0 Å². The Morgan fingerprint density at radius 1 is 1.29 bits per heavy atom.